The molecule has 0 bridgehead atoms. The molecule has 5 aromatic rings. The van der Waals surface area contributed by atoms with E-state index in [0.29, 0.717) is 18.1 Å². The predicted molar refractivity (Wildman–Crippen MR) is 141 cm³/mol. The lowest BCUT2D eigenvalue weighted by atomic mass is 9.97. The number of hydrogen-bond donors (Lipinski definition) is 3. The Morgan fingerprint density at radius 1 is 1.27 bits per heavy atom. The number of H-pyrrole nitrogens is 1. The Balaban J connectivity index is 1.27. The fraction of sp³-hybridized carbons (Fsp3) is 0.259. The minimum absolute atomic E-state index is 0.186. The first kappa shape index (κ1) is 23.5. The third-order valence-electron chi connectivity index (χ3n) is 6.69. The third-order valence-corrected chi connectivity index (χ3v) is 7.93. The van der Waals surface area contributed by atoms with Gasteiger partial charge in [0, 0.05) is 35.7 Å². The molecule has 4 aromatic heterocycles. The average molecular weight is 515 g/mol. The first-order chi connectivity index (χ1) is 18.0. The Bertz CT molecular complexity index is 1590. The molecule has 1 aliphatic heterocycles. The van der Waals surface area contributed by atoms with Crippen molar-refractivity contribution in [2.24, 2.45) is 7.05 Å². The second-order valence-electron chi connectivity index (χ2n) is 9.21. The fourth-order valence-electron chi connectivity index (χ4n) is 4.80. The molecule has 1 aliphatic rings. The first-order valence-electron chi connectivity index (χ1n) is 12.0. The van der Waals surface area contributed by atoms with Crippen LogP contribution in [-0.2, 0) is 24.8 Å². The largest absolute Gasteiger partial charge is 0.394 e. The van der Waals surface area contributed by atoms with Crippen molar-refractivity contribution < 1.29 is 14.6 Å². The number of aryl methyl sites for hydroxylation is 2. The summed E-state index contributed by atoms with van der Waals surface area (Å²) in [6.45, 7) is 3.00. The maximum absolute atomic E-state index is 13.0. The van der Waals surface area contributed by atoms with E-state index in [4.69, 9.17) is 4.74 Å². The Morgan fingerprint density at radius 2 is 2.16 bits per heavy atom. The van der Waals surface area contributed by atoms with E-state index in [2.05, 4.69) is 25.4 Å². The highest BCUT2D eigenvalue weighted by Crippen LogP contribution is 2.32. The van der Waals surface area contributed by atoms with Crippen molar-refractivity contribution in [2.75, 3.05) is 13.2 Å². The van der Waals surface area contributed by atoms with Crippen molar-refractivity contribution in [3.8, 4) is 22.5 Å². The number of hydrogen-bond acceptors (Lipinski definition) is 7. The number of thiophene rings is 1. The second-order valence-corrected chi connectivity index (χ2v) is 10.3. The molecule has 1 aromatic carbocycles. The van der Waals surface area contributed by atoms with E-state index in [-0.39, 0.29) is 12.5 Å². The molecule has 0 radical (unpaired) electrons. The van der Waals surface area contributed by atoms with E-state index in [9.17, 15) is 9.90 Å². The van der Waals surface area contributed by atoms with Crippen LogP contribution in [0.2, 0.25) is 0 Å². The van der Waals surface area contributed by atoms with Crippen LogP contribution in [0, 0.1) is 6.92 Å². The summed E-state index contributed by atoms with van der Waals surface area (Å²) in [5.41, 5.74) is 8.13. The van der Waals surface area contributed by atoms with Gasteiger partial charge in [-0.1, -0.05) is 12.1 Å². The van der Waals surface area contributed by atoms with E-state index >= 15 is 0 Å². The highest BCUT2D eigenvalue weighted by molar-refractivity contribution is 7.14. The Labute approximate surface area is 217 Å². The summed E-state index contributed by atoms with van der Waals surface area (Å²) in [7, 11) is 1.88. The Hall–Kier alpha value is -3.86. The molecule has 0 saturated carbocycles. The molecule has 0 saturated heterocycles. The van der Waals surface area contributed by atoms with Crippen molar-refractivity contribution >= 4 is 28.3 Å². The smallest absolute Gasteiger partial charge is 0.261 e. The lowest BCUT2D eigenvalue weighted by molar-refractivity contribution is 0.0919. The van der Waals surface area contributed by atoms with Gasteiger partial charge in [-0.15, -0.1) is 11.3 Å². The zero-order valence-corrected chi connectivity index (χ0v) is 21.3. The lowest BCUT2D eigenvalue weighted by Gasteiger charge is -2.19. The molecule has 0 fully saturated rings. The summed E-state index contributed by atoms with van der Waals surface area (Å²) in [5.74, 6) is -0.186. The molecular weight excluding hydrogens is 488 g/mol. The minimum Gasteiger partial charge on any atom is -0.394 e. The molecule has 3 N–H and O–H groups in total. The number of aliphatic hydroxyl groups is 1. The summed E-state index contributed by atoms with van der Waals surface area (Å²) in [4.78, 5) is 27.3. The number of fused-ring (bicyclic) bond motifs is 2. The van der Waals surface area contributed by atoms with E-state index in [1.54, 1.807) is 17.2 Å². The number of carbonyl (C=O) groups excluding carboxylic acids is 1. The van der Waals surface area contributed by atoms with Crippen LogP contribution in [0.25, 0.3) is 33.5 Å². The van der Waals surface area contributed by atoms with Gasteiger partial charge in [0.05, 0.1) is 59.4 Å². The molecule has 1 atom stereocenters. The summed E-state index contributed by atoms with van der Waals surface area (Å²) in [6, 6.07) is 9.30. The van der Waals surface area contributed by atoms with Crippen LogP contribution in [0.5, 0.6) is 0 Å². The van der Waals surface area contributed by atoms with Crippen molar-refractivity contribution in [2.45, 2.75) is 26.0 Å². The average Bonchev–Trinajstić information content (AvgIpc) is 3.64. The van der Waals surface area contributed by atoms with E-state index < -0.39 is 6.04 Å². The SMILES string of the molecule is Cc1cc(-c2ncnc3cc(-c4cnn(C)c4)[nH]c23)ccc1C(CO)NC(=O)c1cc2c(s1)CCOC2. The van der Waals surface area contributed by atoms with Crippen molar-refractivity contribution in [1.29, 1.82) is 0 Å². The quantitative estimate of drug-likeness (QED) is 0.316. The van der Waals surface area contributed by atoms with E-state index in [1.165, 1.54) is 16.2 Å². The highest BCUT2D eigenvalue weighted by Gasteiger charge is 2.22. The number of nitrogens with zero attached hydrogens (tertiary/aromatic N) is 4. The molecule has 1 unspecified atom stereocenters. The maximum atomic E-state index is 13.0. The van der Waals surface area contributed by atoms with E-state index in [0.717, 1.165) is 56.7 Å². The Kier molecular flexibility index (Phi) is 6.07. The fourth-order valence-corrected chi connectivity index (χ4v) is 5.85. The van der Waals surface area contributed by atoms with E-state index in [1.807, 2.05) is 50.5 Å². The van der Waals surface area contributed by atoms with Gasteiger partial charge in [0.15, 0.2) is 0 Å². The third kappa shape index (κ3) is 4.43. The van der Waals surface area contributed by atoms with Crippen molar-refractivity contribution in [3.05, 3.63) is 75.5 Å². The molecule has 0 aliphatic carbocycles. The number of aromatic nitrogens is 5. The maximum Gasteiger partial charge on any atom is 0.261 e. The zero-order chi connectivity index (χ0) is 25.5. The van der Waals surface area contributed by atoms with Crippen LogP contribution in [0.1, 0.15) is 37.3 Å². The first-order valence-corrected chi connectivity index (χ1v) is 12.9. The Morgan fingerprint density at radius 3 is 2.92 bits per heavy atom. The van der Waals surface area contributed by atoms with Gasteiger partial charge >= 0.3 is 0 Å². The molecule has 0 spiro atoms. The molecule has 10 heteroatoms. The van der Waals surface area contributed by atoms with Crippen molar-refractivity contribution in [1.82, 2.24) is 30.0 Å². The van der Waals surface area contributed by atoms with Crippen LogP contribution in [-0.4, -0.2) is 49.0 Å². The highest BCUT2D eigenvalue weighted by atomic mass is 32.1. The van der Waals surface area contributed by atoms with Crippen LogP contribution in [0.4, 0.5) is 0 Å². The normalized spacial score (nSPS) is 14.0. The topological polar surface area (TPSA) is 118 Å². The second kappa shape index (κ2) is 9.55. The van der Waals surface area contributed by atoms with Gasteiger partial charge in [-0.2, -0.15) is 5.10 Å². The van der Waals surface area contributed by atoms with Crippen molar-refractivity contribution in [3.63, 3.8) is 0 Å². The number of rotatable bonds is 6. The number of nitrogens with one attached hydrogen (secondary N) is 2. The number of benzene rings is 1. The van der Waals surface area contributed by atoms with Gasteiger partial charge in [0.1, 0.15) is 6.33 Å². The zero-order valence-electron chi connectivity index (χ0n) is 20.5. The molecule has 5 heterocycles. The van der Waals surface area contributed by atoms with Gasteiger partial charge in [-0.25, -0.2) is 9.97 Å². The molecule has 9 nitrogen and oxygen atoms in total. The summed E-state index contributed by atoms with van der Waals surface area (Å²) < 4.78 is 7.25. The number of aromatic amines is 1. The van der Waals surface area contributed by atoms with Crippen LogP contribution >= 0.6 is 11.3 Å². The standard InChI is InChI=1S/C27H26N6O3S/c1-15-7-16(25-26-21(28-14-29-25)9-20(31-26)18-10-30-33(2)11-18)3-4-19(15)22(12-34)32-27(35)24-8-17-13-36-6-5-23(17)37-24/h3-4,7-11,14,22,31,34H,5-6,12-13H2,1-2H3,(H,32,35). The summed E-state index contributed by atoms with van der Waals surface area (Å²) >= 11 is 1.50. The van der Waals surface area contributed by atoms with Crippen LogP contribution in [0.15, 0.2) is 49.1 Å². The van der Waals surface area contributed by atoms with Gasteiger partial charge < -0.3 is 20.1 Å². The number of amides is 1. The molecule has 37 heavy (non-hydrogen) atoms. The van der Waals surface area contributed by atoms with Crippen LogP contribution in [0.3, 0.4) is 0 Å². The summed E-state index contributed by atoms with van der Waals surface area (Å²) in [6.07, 6.45) is 6.14. The molecular formula is C27H26N6O3S. The predicted octanol–water partition coefficient (Wildman–Crippen LogP) is 3.93. The molecule has 188 valence electrons. The van der Waals surface area contributed by atoms with Gasteiger partial charge in [0.25, 0.3) is 5.91 Å². The molecule has 1 amide bonds. The van der Waals surface area contributed by atoms with Crippen LogP contribution < -0.4 is 5.32 Å². The van der Waals surface area contributed by atoms with Gasteiger partial charge in [-0.3, -0.25) is 9.48 Å². The number of ether oxygens (including phenoxy) is 1. The lowest BCUT2D eigenvalue weighted by Crippen LogP contribution is -2.30. The van der Waals surface area contributed by atoms with Gasteiger partial charge in [-0.05, 0) is 41.8 Å². The monoisotopic (exact) mass is 514 g/mol. The number of carbonyl (C=O) groups is 1. The molecule has 6 rings (SSSR count). The van der Waals surface area contributed by atoms with Gasteiger partial charge in [0.2, 0.25) is 0 Å². The number of aliphatic hydroxyl groups excluding tert-OH is 1. The summed E-state index contributed by atoms with van der Waals surface area (Å²) in [5, 5.41) is 17.4. The minimum atomic E-state index is -0.523.